The molecule has 0 unspecified atom stereocenters. The molecule has 0 atom stereocenters. The average molecular weight is 480 g/mol. The molecule has 1 fully saturated rings. The van der Waals surface area contributed by atoms with Crippen molar-refractivity contribution in [3.05, 3.63) is 34.7 Å². The number of rotatable bonds is 15. The second kappa shape index (κ2) is 13.9. The third kappa shape index (κ3) is 9.00. The number of para-hydroxylation sites is 1. The molecule has 1 saturated heterocycles. The molecule has 9 heteroatoms. The van der Waals surface area contributed by atoms with Gasteiger partial charge in [-0.1, -0.05) is 80.7 Å². The topological polar surface area (TPSA) is 104 Å². The zero-order valence-corrected chi connectivity index (χ0v) is 19.6. The van der Waals surface area contributed by atoms with Crippen LogP contribution < -0.4 is 4.74 Å². The van der Waals surface area contributed by atoms with Gasteiger partial charge >= 0.3 is 11.9 Å². The van der Waals surface area contributed by atoms with Crippen molar-refractivity contribution in [2.24, 2.45) is 0 Å². The molecule has 1 aliphatic heterocycles. The molecule has 0 aliphatic carbocycles. The molecule has 1 aromatic carbocycles. The molecular formula is C23H29NO6S2. The minimum absolute atomic E-state index is 0.133. The molecule has 0 saturated carbocycles. The number of carbonyl (C=O) groups is 3. The maximum absolute atomic E-state index is 12.8. The fourth-order valence-electron chi connectivity index (χ4n) is 3.31. The second-order valence-electron chi connectivity index (χ2n) is 7.53. The highest BCUT2D eigenvalue weighted by Crippen LogP contribution is 2.34. The van der Waals surface area contributed by atoms with Crippen molar-refractivity contribution >= 4 is 52.2 Å². The summed E-state index contributed by atoms with van der Waals surface area (Å²) in [6, 6.07) is 6.98. The van der Waals surface area contributed by atoms with Gasteiger partial charge in [0.05, 0.1) is 4.91 Å². The summed E-state index contributed by atoms with van der Waals surface area (Å²) in [6.45, 7) is 0.131. The van der Waals surface area contributed by atoms with Crippen molar-refractivity contribution in [1.82, 2.24) is 4.90 Å². The summed E-state index contributed by atoms with van der Waals surface area (Å²) < 4.78 is 5.84. The van der Waals surface area contributed by atoms with Crippen LogP contribution in [-0.4, -0.2) is 50.4 Å². The molecule has 0 bridgehead atoms. The summed E-state index contributed by atoms with van der Waals surface area (Å²) in [7, 11) is 0. The van der Waals surface area contributed by atoms with Crippen molar-refractivity contribution in [2.75, 3.05) is 13.2 Å². The summed E-state index contributed by atoms with van der Waals surface area (Å²) in [4.78, 5) is 36.2. The van der Waals surface area contributed by atoms with Gasteiger partial charge in [0.2, 0.25) is 0 Å². The van der Waals surface area contributed by atoms with Crippen molar-refractivity contribution in [1.29, 1.82) is 0 Å². The maximum Gasteiger partial charge on any atom is 0.341 e. The Hall–Kier alpha value is -2.39. The van der Waals surface area contributed by atoms with Crippen LogP contribution in [0.4, 0.5) is 0 Å². The number of carboxylic acids is 2. The van der Waals surface area contributed by atoms with Gasteiger partial charge in [0.25, 0.3) is 5.91 Å². The lowest BCUT2D eigenvalue weighted by Crippen LogP contribution is -2.29. The van der Waals surface area contributed by atoms with Crippen molar-refractivity contribution in [3.63, 3.8) is 0 Å². The number of unbranched alkanes of at least 4 members (excludes halogenated alkanes) is 7. The molecule has 7 nitrogen and oxygen atoms in total. The molecule has 1 aliphatic rings. The highest BCUT2D eigenvalue weighted by Gasteiger charge is 2.31. The molecule has 0 spiro atoms. The Bertz CT molecular complexity index is 855. The van der Waals surface area contributed by atoms with E-state index in [4.69, 9.17) is 27.2 Å². The van der Waals surface area contributed by atoms with Gasteiger partial charge in [0.15, 0.2) is 6.61 Å². The van der Waals surface area contributed by atoms with Crippen LogP contribution in [0.25, 0.3) is 6.08 Å². The predicted octanol–water partition coefficient (Wildman–Crippen LogP) is 4.95. The van der Waals surface area contributed by atoms with Gasteiger partial charge < -0.3 is 14.9 Å². The van der Waals surface area contributed by atoms with Gasteiger partial charge in [0.1, 0.15) is 10.1 Å². The first kappa shape index (κ1) is 25.9. The first-order chi connectivity index (χ1) is 15.4. The monoisotopic (exact) mass is 479 g/mol. The smallest absolute Gasteiger partial charge is 0.341 e. The number of ether oxygens (including phenoxy) is 1. The SMILES string of the molecule is O=C(O)CCCCCCCCCCN1C(=O)C(=Cc2ccccc2OCC(=O)O)SC1=S. The third-order valence-electron chi connectivity index (χ3n) is 4.95. The molecule has 2 N–H and O–H groups in total. The van der Waals surface area contributed by atoms with E-state index in [-0.39, 0.29) is 12.3 Å². The number of thiocarbonyl (C=S) groups is 1. The zero-order valence-electron chi connectivity index (χ0n) is 18.0. The molecule has 1 aromatic rings. The van der Waals surface area contributed by atoms with E-state index >= 15 is 0 Å². The van der Waals surface area contributed by atoms with E-state index in [0.717, 1.165) is 51.4 Å². The van der Waals surface area contributed by atoms with Crippen LogP contribution in [0.3, 0.4) is 0 Å². The van der Waals surface area contributed by atoms with E-state index in [1.807, 2.05) is 0 Å². The van der Waals surface area contributed by atoms with Crippen LogP contribution in [0.2, 0.25) is 0 Å². The van der Waals surface area contributed by atoms with Crippen LogP contribution in [-0.2, 0) is 14.4 Å². The van der Waals surface area contributed by atoms with Crippen molar-refractivity contribution in [3.8, 4) is 5.75 Å². The molecule has 1 heterocycles. The summed E-state index contributed by atoms with van der Waals surface area (Å²) >= 11 is 6.63. The van der Waals surface area contributed by atoms with Crippen LogP contribution >= 0.6 is 24.0 Å². The molecule has 1 amide bonds. The van der Waals surface area contributed by atoms with Crippen molar-refractivity contribution in [2.45, 2.75) is 57.8 Å². The molecule has 32 heavy (non-hydrogen) atoms. The molecule has 2 rings (SSSR count). The van der Waals surface area contributed by atoms with E-state index in [9.17, 15) is 14.4 Å². The Labute approximate surface area is 197 Å². The summed E-state index contributed by atoms with van der Waals surface area (Å²) in [5.41, 5.74) is 0.637. The van der Waals surface area contributed by atoms with E-state index in [0.29, 0.717) is 27.1 Å². The largest absolute Gasteiger partial charge is 0.481 e. The Morgan fingerprint density at radius 3 is 2.25 bits per heavy atom. The summed E-state index contributed by atoms with van der Waals surface area (Å²) in [5, 5.41) is 17.4. The maximum atomic E-state index is 12.8. The van der Waals surface area contributed by atoms with Gasteiger partial charge in [-0.3, -0.25) is 14.5 Å². The van der Waals surface area contributed by atoms with Crippen molar-refractivity contribution < 1.29 is 29.3 Å². The second-order valence-corrected chi connectivity index (χ2v) is 9.20. The number of nitrogens with zero attached hydrogens (tertiary/aromatic N) is 1. The fraction of sp³-hybridized carbons (Fsp3) is 0.478. The Balaban J connectivity index is 1.75. The summed E-state index contributed by atoms with van der Waals surface area (Å²) in [5.74, 6) is -1.52. The Kier molecular flexibility index (Phi) is 11.2. The Morgan fingerprint density at radius 2 is 1.59 bits per heavy atom. The van der Waals surface area contributed by atoms with Crippen LogP contribution in [0.5, 0.6) is 5.75 Å². The number of benzene rings is 1. The quantitative estimate of drug-likeness (QED) is 0.207. The number of amides is 1. The number of hydrogen-bond donors (Lipinski definition) is 2. The third-order valence-corrected chi connectivity index (χ3v) is 6.33. The minimum Gasteiger partial charge on any atom is -0.481 e. The lowest BCUT2D eigenvalue weighted by Gasteiger charge is -2.14. The van der Waals surface area contributed by atoms with E-state index in [1.165, 1.54) is 11.8 Å². The van der Waals surface area contributed by atoms with Crippen LogP contribution in [0.1, 0.15) is 63.4 Å². The lowest BCUT2D eigenvalue weighted by atomic mass is 10.1. The normalized spacial score (nSPS) is 14.9. The van der Waals surface area contributed by atoms with Gasteiger partial charge in [-0.15, -0.1) is 0 Å². The molecule has 174 valence electrons. The first-order valence-electron chi connectivity index (χ1n) is 10.8. The summed E-state index contributed by atoms with van der Waals surface area (Å²) in [6.07, 6.45) is 9.88. The standard InChI is InChI=1S/C23H29NO6S2/c25-20(26)13-7-5-3-1-2-4-6-10-14-24-22(29)19(32-23(24)31)15-17-11-8-9-12-18(17)30-16-21(27)28/h8-9,11-12,15H,1-7,10,13-14,16H2,(H,25,26)(H,27,28). The van der Waals surface area contributed by atoms with E-state index in [1.54, 1.807) is 35.2 Å². The first-order valence-corrected chi connectivity index (χ1v) is 12.0. The van der Waals surface area contributed by atoms with Gasteiger partial charge in [0, 0.05) is 18.5 Å². The highest BCUT2D eigenvalue weighted by atomic mass is 32.2. The molecular weight excluding hydrogens is 450 g/mol. The number of thioether (sulfide) groups is 1. The van der Waals surface area contributed by atoms with Gasteiger partial charge in [-0.25, -0.2) is 4.79 Å². The molecule has 0 radical (unpaired) electrons. The molecule has 0 aromatic heterocycles. The van der Waals surface area contributed by atoms with E-state index in [2.05, 4.69) is 0 Å². The number of hydrogen-bond acceptors (Lipinski definition) is 6. The minimum atomic E-state index is -1.07. The highest BCUT2D eigenvalue weighted by molar-refractivity contribution is 8.26. The average Bonchev–Trinajstić information content (AvgIpc) is 3.01. The predicted molar refractivity (Wildman–Crippen MR) is 129 cm³/mol. The lowest BCUT2D eigenvalue weighted by molar-refractivity contribution is -0.139. The van der Waals surface area contributed by atoms with E-state index < -0.39 is 18.5 Å². The van der Waals surface area contributed by atoms with Crippen LogP contribution in [0, 0.1) is 0 Å². The van der Waals surface area contributed by atoms with Gasteiger partial charge in [-0.05, 0) is 25.0 Å². The fourth-order valence-corrected chi connectivity index (χ4v) is 4.61. The van der Waals surface area contributed by atoms with Crippen LogP contribution in [0.15, 0.2) is 29.2 Å². The zero-order chi connectivity index (χ0) is 23.3. The Morgan fingerprint density at radius 1 is 0.969 bits per heavy atom. The number of carbonyl (C=O) groups excluding carboxylic acids is 1. The van der Waals surface area contributed by atoms with Gasteiger partial charge in [-0.2, -0.15) is 0 Å². The number of carboxylic acid groups (broad SMARTS) is 2. The number of aliphatic carboxylic acids is 2.